The molecule has 0 aliphatic carbocycles. The Kier molecular flexibility index (Phi) is 3.97. The molecule has 7 heterocycles. The van der Waals surface area contributed by atoms with Gasteiger partial charge in [0, 0.05) is 48.5 Å². The van der Waals surface area contributed by atoms with Crippen molar-refractivity contribution in [1.82, 2.24) is 10.6 Å². The van der Waals surface area contributed by atoms with E-state index in [-0.39, 0.29) is 0 Å². The third-order valence-corrected chi connectivity index (χ3v) is 7.04. The van der Waals surface area contributed by atoms with Crippen molar-refractivity contribution in [3.8, 4) is 22.8 Å². The predicted octanol–water partition coefficient (Wildman–Crippen LogP) is 0.702. The summed E-state index contributed by atoms with van der Waals surface area (Å²) in [5.74, 6) is 0. The maximum atomic E-state index is 3.67. The molecule has 6 nitrogen and oxygen atoms in total. The molecule has 0 aromatic carbocycles. The summed E-state index contributed by atoms with van der Waals surface area (Å²) in [4.78, 5) is 0. The number of hydrogen-bond acceptors (Lipinski definition) is 2. The number of rotatable bonds is 0. The molecule has 0 unspecified atom stereocenters. The highest BCUT2D eigenvalue weighted by molar-refractivity contribution is 5.48. The van der Waals surface area contributed by atoms with Gasteiger partial charge in [0.25, 0.3) is 22.8 Å². The van der Waals surface area contributed by atoms with Crippen molar-refractivity contribution in [3.05, 3.63) is 95.6 Å². The Bertz CT molecular complexity index is 1180. The first kappa shape index (κ1) is 18.1. The minimum Gasteiger partial charge on any atom is -0.298 e. The van der Waals surface area contributed by atoms with E-state index in [0.717, 1.165) is 39.5 Å². The second-order valence-corrected chi connectivity index (χ2v) is 8.81. The lowest BCUT2D eigenvalue weighted by Crippen LogP contribution is -2.65. The van der Waals surface area contributed by atoms with Gasteiger partial charge in [-0.15, -0.1) is 18.3 Å². The number of nitrogens with one attached hydrogen (secondary N) is 2. The summed E-state index contributed by atoms with van der Waals surface area (Å²) in [5, 5.41) is 7.33. The normalized spacial score (nSPS) is 15.8. The minimum atomic E-state index is 0.797. The van der Waals surface area contributed by atoms with Crippen molar-refractivity contribution in [2.24, 2.45) is 0 Å². The van der Waals surface area contributed by atoms with Crippen LogP contribution in [0, 0.1) is 0 Å². The zero-order chi connectivity index (χ0) is 21.1. The topological polar surface area (TPSA) is 39.6 Å². The van der Waals surface area contributed by atoms with Gasteiger partial charge < -0.3 is 0 Å². The van der Waals surface area contributed by atoms with Gasteiger partial charge in [0.05, 0.1) is 26.2 Å². The highest BCUT2D eigenvalue weighted by atomic mass is 15.3. The van der Waals surface area contributed by atoms with Gasteiger partial charge in [-0.25, -0.2) is 0 Å². The zero-order valence-electron chi connectivity index (χ0n) is 18.0. The fourth-order valence-electron chi connectivity index (χ4n) is 5.44. The summed E-state index contributed by atoms with van der Waals surface area (Å²) in [6.07, 6.45) is 0. The van der Waals surface area contributed by atoms with Crippen molar-refractivity contribution < 1.29 is 18.3 Å². The number of hydrogen-bond donors (Lipinski definition) is 2. The van der Waals surface area contributed by atoms with Crippen LogP contribution in [0.5, 0.6) is 0 Å². The van der Waals surface area contributed by atoms with Crippen molar-refractivity contribution in [2.45, 2.75) is 39.5 Å². The van der Waals surface area contributed by atoms with Gasteiger partial charge in [-0.3, -0.25) is 10.6 Å². The second-order valence-electron chi connectivity index (χ2n) is 8.81. The molecule has 0 radical (unpaired) electrons. The average molecular weight is 423 g/mol. The van der Waals surface area contributed by atoms with Gasteiger partial charge in [0.15, 0.2) is 0 Å². The number of pyridine rings is 4. The van der Waals surface area contributed by atoms with Gasteiger partial charge in [0.1, 0.15) is 0 Å². The molecule has 0 amide bonds. The van der Waals surface area contributed by atoms with Crippen LogP contribution in [0.1, 0.15) is 22.8 Å². The molecule has 0 atom stereocenters. The van der Waals surface area contributed by atoms with E-state index in [1.54, 1.807) is 0 Å². The maximum Gasteiger partial charge on any atom is 0.345 e. The summed E-state index contributed by atoms with van der Waals surface area (Å²) in [5.41, 5.74) is 10.2. The van der Waals surface area contributed by atoms with Crippen molar-refractivity contribution in [1.29, 1.82) is 0 Å². The molecule has 0 saturated heterocycles. The van der Waals surface area contributed by atoms with Crippen LogP contribution in [-0.2, 0) is 39.5 Å². The van der Waals surface area contributed by atoms with Crippen LogP contribution in [0.2, 0.25) is 0 Å². The third kappa shape index (κ3) is 2.66. The van der Waals surface area contributed by atoms with Crippen molar-refractivity contribution >= 4 is 0 Å². The molecule has 0 spiro atoms. The van der Waals surface area contributed by atoms with E-state index >= 15 is 0 Å². The monoisotopic (exact) mass is 422 g/mol. The lowest BCUT2D eigenvalue weighted by molar-refractivity contribution is -0.935. The molecule has 0 fully saturated rings. The summed E-state index contributed by atoms with van der Waals surface area (Å²) in [6, 6.07) is 26.8. The molecular weight excluding hydrogens is 396 g/mol. The smallest absolute Gasteiger partial charge is 0.298 e. The molecule has 4 bridgehead atoms. The Balaban J connectivity index is 1.64. The standard InChI is InChI=1S/C26H26N6/c1-5-19-13-27-14-21-7-3-11-25-26-12-4-8-22-16-28-15-20-6-2-10-24(30(20)18-32(22)26)23(9-1)29(19)17-31(21)25/h1-12,27-28H,13-18H2/q+4. The van der Waals surface area contributed by atoms with Gasteiger partial charge in [-0.2, -0.15) is 0 Å². The van der Waals surface area contributed by atoms with Crippen LogP contribution < -0.4 is 28.9 Å². The van der Waals surface area contributed by atoms with Crippen LogP contribution in [0.3, 0.4) is 0 Å². The number of fused-ring (bicyclic) bond motifs is 2. The Morgan fingerprint density at radius 1 is 0.406 bits per heavy atom. The summed E-state index contributed by atoms with van der Waals surface area (Å²) >= 11 is 0. The first-order valence-electron chi connectivity index (χ1n) is 11.4. The van der Waals surface area contributed by atoms with Gasteiger partial charge in [-0.05, 0) is 24.3 Å². The molecule has 7 rings (SSSR count). The van der Waals surface area contributed by atoms with E-state index in [1.165, 1.54) is 45.6 Å². The Morgan fingerprint density at radius 2 is 0.688 bits per heavy atom. The van der Waals surface area contributed by atoms with Gasteiger partial charge >= 0.3 is 13.3 Å². The van der Waals surface area contributed by atoms with E-state index in [1.807, 2.05) is 0 Å². The van der Waals surface area contributed by atoms with Crippen molar-refractivity contribution in [3.63, 3.8) is 0 Å². The van der Waals surface area contributed by atoms with Gasteiger partial charge in [-0.1, -0.05) is 0 Å². The van der Waals surface area contributed by atoms with E-state index < -0.39 is 0 Å². The van der Waals surface area contributed by atoms with Crippen LogP contribution in [-0.4, -0.2) is 0 Å². The molecule has 3 aliphatic heterocycles. The molecule has 3 aliphatic rings. The lowest BCUT2D eigenvalue weighted by Gasteiger charge is -2.17. The molecule has 4 aromatic rings. The third-order valence-electron chi connectivity index (χ3n) is 7.04. The molecular formula is C26H26N6+4. The van der Waals surface area contributed by atoms with Crippen molar-refractivity contribution in [2.75, 3.05) is 0 Å². The largest absolute Gasteiger partial charge is 0.345 e. The SMILES string of the molecule is c1cc2[n+]3c(c1)-c1cccc4[n+]1C[n+]1c(cccc1-c1cccc([n+]1C3)CNC2)CNC4. The highest BCUT2D eigenvalue weighted by Gasteiger charge is 2.39. The quantitative estimate of drug-likeness (QED) is 0.361. The van der Waals surface area contributed by atoms with E-state index in [0.29, 0.717) is 0 Å². The predicted molar refractivity (Wildman–Crippen MR) is 116 cm³/mol. The Labute approximate surface area is 187 Å². The van der Waals surface area contributed by atoms with Crippen LogP contribution >= 0.6 is 0 Å². The highest BCUT2D eigenvalue weighted by Crippen LogP contribution is 2.19. The fourth-order valence-corrected chi connectivity index (χ4v) is 5.44. The number of nitrogens with zero attached hydrogens (tertiary/aromatic N) is 4. The van der Waals surface area contributed by atoms with Gasteiger partial charge in [0.2, 0.25) is 22.8 Å². The van der Waals surface area contributed by atoms with Crippen LogP contribution in [0.4, 0.5) is 0 Å². The Morgan fingerprint density at radius 3 is 0.969 bits per heavy atom. The summed E-state index contributed by atoms with van der Waals surface area (Å²) < 4.78 is 9.92. The maximum absolute atomic E-state index is 3.67. The van der Waals surface area contributed by atoms with Crippen LogP contribution in [0.25, 0.3) is 22.8 Å². The molecule has 4 aromatic heterocycles. The molecule has 0 saturated carbocycles. The first-order valence-corrected chi connectivity index (χ1v) is 11.4. The average Bonchev–Trinajstić information content (AvgIpc) is 2.79. The van der Waals surface area contributed by atoms with E-state index in [4.69, 9.17) is 0 Å². The molecule has 156 valence electrons. The second kappa shape index (κ2) is 7.02. The van der Waals surface area contributed by atoms with E-state index in [2.05, 4.69) is 102 Å². The Hall–Kier alpha value is -3.48. The fraction of sp³-hybridized carbons (Fsp3) is 0.231. The minimum absolute atomic E-state index is 0.797. The summed E-state index contributed by atoms with van der Waals surface area (Å²) in [6.45, 7) is 5.02. The molecule has 2 N–H and O–H groups in total. The zero-order valence-corrected chi connectivity index (χ0v) is 18.0. The first-order chi connectivity index (χ1) is 15.9. The van der Waals surface area contributed by atoms with Crippen LogP contribution in [0.15, 0.2) is 72.8 Å². The summed E-state index contributed by atoms with van der Waals surface area (Å²) in [7, 11) is 0. The number of aromatic nitrogens is 4. The van der Waals surface area contributed by atoms with E-state index in [9.17, 15) is 0 Å². The molecule has 32 heavy (non-hydrogen) atoms. The lowest BCUT2D eigenvalue weighted by atomic mass is 10.1. The molecule has 6 heteroatoms.